The van der Waals surface area contributed by atoms with Crippen LogP contribution in [0.3, 0.4) is 0 Å². The summed E-state index contributed by atoms with van der Waals surface area (Å²) in [7, 11) is 2.01. The molecule has 0 aliphatic heterocycles. The van der Waals surface area contributed by atoms with Crippen LogP contribution in [0.1, 0.15) is 17.0 Å². The van der Waals surface area contributed by atoms with Gasteiger partial charge in [-0.05, 0) is 25.0 Å². The standard InChI is InChI=1S/C14H18N4/c1-10-6-4-5-7-12(10)9-18(3)14-8-13(15)16-11(2)17-14/h4-8H,9H2,1-3H3,(H2,15,16,17). The number of hydrogen-bond donors (Lipinski definition) is 1. The van der Waals surface area contributed by atoms with Crippen molar-refractivity contribution >= 4 is 11.6 Å². The van der Waals surface area contributed by atoms with Crippen molar-refractivity contribution < 1.29 is 0 Å². The summed E-state index contributed by atoms with van der Waals surface area (Å²) in [5, 5.41) is 0. The summed E-state index contributed by atoms with van der Waals surface area (Å²) in [4.78, 5) is 10.6. The van der Waals surface area contributed by atoms with Gasteiger partial charge < -0.3 is 10.6 Å². The molecule has 2 N–H and O–H groups in total. The number of hydrogen-bond acceptors (Lipinski definition) is 4. The molecular weight excluding hydrogens is 224 g/mol. The quantitative estimate of drug-likeness (QED) is 0.897. The third-order valence-electron chi connectivity index (χ3n) is 2.90. The Kier molecular flexibility index (Phi) is 3.46. The highest BCUT2D eigenvalue weighted by atomic mass is 15.2. The number of aromatic nitrogens is 2. The summed E-state index contributed by atoms with van der Waals surface area (Å²) in [5.74, 6) is 2.05. The van der Waals surface area contributed by atoms with E-state index < -0.39 is 0 Å². The van der Waals surface area contributed by atoms with Crippen LogP contribution < -0.4 is 10.6 Å². The first-order chi connectivity index (χ1) is 8.56. The number of benzene rings is 1. The van der Waals surface area contributed by atoms with Gasteiger partial charge in [0.1, 0.15) is 17.5 Å². The predicted octanol–water partition coefficient (Wildman–Crippen LogP) is 2.31. The first-order valence-corrected chi connectivity index (χ1v) is 5.93. The molecule has 0 aliphatic rings. The highest BCUT2D eigenvalue weighted by Gasteiger charge is 2.07. The van der Waals surface area contributed by atoms with E-state index in [1.165, 1.54) is 11.1 Å². The van der Waals surface area contributed by atoms with Gasteiger partial charge in [-0.1, -0.05) is 24.3 Å². The maximum absolute atomic E-state index is 5.74. The second kappa shape index (κ2) is 5.04. The molecule has 0 spiro atoms. The zero-order chi connectivity index (χ0) is 13.1. The lowest BCUT2D eigenvalue weighted by atomic mass is 10.1. The fourth-order valence-electron chi connectivity index (χ4n) is 1.89. The highest BCUT2D eigenvalue weighted by Crippen LogP contribution is 2.16. The van der Waals surface area contributed by atoms with Crippen LogP contribution >= 0.6 is 0 Å². The van der Waals surface area contributed by atoms with Crippen molar-refractivity contribution in [1.29, 1.82) is 0 Å². The van der Waals surface area contributed by atoms with E-state index in [2.05, 4.69) is 40.0 Å². The fraction of sp³-hybridized carbons (Fsp3) is 0.286. The first kappa shape index (κ1) is 12.4. The van der Waals surface area contributed by atoms with Crippen LogP contribution in [0.25, 0.3) is 0 Å². The van der Waals surface area contributed by atoms with E-state index >= 15 is 0 Å². The van der Waals surface area contributed by atoms with Crippen LogP contribution in [0, 0.1) is 13.8 Å². The van der Waals surface area contributed by atoms with Crippen molar-refractivity contribution in [3.63, 3.8) is 0 Å². The zero-order valence-electron chi connectivity index (χ0n) is 11.0. The third-order valence-corrected chi connectivity index (χ3v) is 2.90. The van der Waals surface area contributed by atoms with Crippen LogP contribution in [0.5, 0.6) is 0 Å². The summed E-state index contributed by atoms with van der Waals surface area (Å²) in [6.07, 6.45) is 0. The minimum atomic E-state index is 0.508. The SMILES string of the molecule is Cc1nc(N)cc(N(C)Cc2ccccc2C)n1. The Balaban J connectivity index is 2.22. The van der Waals surface area contributed by atoms with E-state index in [4.69, 9.17) is 5.73 Å². The van der Waals surface area contributed by atoms with Crippen LogP contribution in [0.4, 0.5) is 11.6 Å². The third kappa shape index (κ3) is 2.77. The second-order valence-electron chi connectivity index (χ2n) is 4.48. The molecule has 2 aromatic rings. The minimum absolute atomic E-state index is 0.508. The largest absolute Gasteiger partial charge is 0.384 e. The average molecular weight is 242 g/mol. The molecule has 0 saturated carbocycles. The Bertz CT molecular complexity index is 531. The molecule has 1 heterocycles. The average Bonchev–Trinajstić information content (AvgIpc) is 2.31. The molecule has 18 heavy (non-hydrogen) atoms. The molecule has 1 aromatic carbocycles. The molecule has 0 atom stereocenters. The van der Waals surface area contributed by atoms with Gasteiger partial charge in [-0.25, -0.2) is 9.97 Å². The predicted molar refractivity (Wildman–Crippen MR) is 74.5 cm³/mol. The van der Waals surface area contributed by atoms with E-state index in [0.29, 0.717) is 11.6 Å². The number of nitrogens with zero attached hydrogens (tertiary/aromatic N) is 3. The summed E-state index contributed by atoms with van der Waals surface area (Å²) in [6, 6.07) is 10.1. The van der Waals surface area contributed by atoms with Crippen molar-refractivity contribution in [2.75, 3.05) is 17.7 Å². The van der Waals surface area contributed by atoms with Crippen molar-refractivity contribution in [3.05, 3.63) is 47.3 Å². The normalized spacial score (nSPS) is 10.4. The fourth-order valence-corrected chi connectivity index (χ4v) is 1.89. The van der Waals surface area contributed by atoms with Gasteiger partial charge in [-0.2, -0.15) is 0 Å². The molecule has 4 heteroatoms. The summed E-state index contributed by atoms with van der Waals surface area (Å²) >= 11 is 0. The van der Waals surface area contributed by atoms with Crippen LogP contribution in [0.2, 0.25) is 0 Å². The van der Waals surface area contributed by atoms with Gasteiger partial charge in [0, 0.05) is 19.7 Å². The van der Waals surface area contributed by atoms with Crippen molar-refractivity contribution in [3.8, 4) is 0 Å². The van der Waals surface area contributed by atoms with Crippen molar-refractivity contribution in [2.24, 2.45) is 0 Å². The summed E-state index contributed by atoms with van der Waals surface area (Å²) in [6.45, 7) is 4.77. The van der Waals surface area contributed by atoms with Gasteiger partial charge >= 0.3 is 0 Å². The summed E-state index contributed by atoms with van der Waals surface area (Å²) in [5.41, 5.74) is 8.31. The number of nitrogen functional groups attached to an aromatic ring is 1. The lowest BCUT2D eigenvalue weighted by molar-refractivity contribution is 0.875. The molecule has 94 valence electrons. The van der Waals surface area contributed by atoms with E-state index in [-0.39, 0.29) is 0 Å². The molecule has 0 fully saturated rings. The molecule has 2 rings (SSSR count). The van der Waals surface area contributed by atoms with Crippen LogP contribution in [0.15, 0.2) is 30.3 Å². The molecule has 0 aliphatic carbocycles. The van der Waals surface area contributed by atoms with Crippen LogP contribution in [-0.2, 0) is 6.54 Å². The van der Waals surface area contributed by atoms with Gasteiger partial charge in [0.2, 0.25) is 0 Å². The Hall–Kier alpha value is -2.10. The highest BCUT2D eigenvalue weighted by molar-refractivity contribution is 5.47. The molecule has 4 nitrogen and oxygen atoms in total. The van der Waals surface area contributed by atoms with Crippen LogP contribution in [-0.4, -0.2) is 17.0 Å². The zero-order valence-corrected chi connectivity index (χ0v) is 11.0. The number of aryl methyl sites for hydroxylation is 2. The number of anilines is 2. The van der Waals surface area contributed by atoms with Gasteiger partial charge in [0.05, 0.1) is 0 Å². The molecule has 0 unspecified atom stereocenters. The van der Waals surface area contributed by atoms with E-state index in [1.807, 2.05) is 20.0 Å². The molecule has 0 bridgehead atoms. The Morgan fingerprint density at radius 1 is 1.17 bits per heavy atom. The van der Waals surface area contributed by atoms with E-state index in [9.17, 15) is 0 Å². The summed E-state index contributed by atoms with van der Waals surface area (Å²) < 4.78 is 0. The Morgan fingerprint density at radius 2 is 1.89 bits per heavy atom. The maximum atomic E-state index is 5.74. The van der Waals surface area contributed by atoms with Gasteiger partial charge in [-0.15, -0.1) is 0 Å². The molecule has 0 radical (unpaired) electrons. The monoisotopic (exact) mass is 242 g/mol. The van der Waals surface area contributed by atoms with Gasteiger partial charge in [0.25, 0.3) is 0 Å². The topological polar surface area (TPSA) is 55.0 Å². The molecule has 1 aromatic heterocycles. The number of nitrogens with two attached hydrogens (primary N) is 1. The van der Waals surface area contributed by atoms with Gasteiger partial charge in [0.15, 0.2) is 0 Å². The Labute approximate surface area is 107 Å². The Morgan fingerprint density at radius 3 is 2.56 bits per heavy atom. The molecule has 0 amide bonds. The molecule has 0 saturated heterocycles. The maximum Gasteiger partial charge on any atom is 0.134 e. The van der Waals surface area contributed by atoms with E-state index in [1.54, 1.807) is 6.07 Å². The number of rotatable bonds is 3. The van der Waals surface area contributed by atoms with Crippen molar-refractivity contribution in [2.45, 2.75) is 20.4 Å². The van der Waals surface area contributed by atoms with E-state index in [0.717, 1.165) is 12.4 Å². The first-order valence-electron chi connectivity index (χ1n) is 5.93. The second-order valence-corrected chi connectivity index (χ2v) is 4.48. The lowest BCUT2D eigenvalue weighted by Gasteiger charge is -2.19. The van der Waals surface area contributed by atoms with Gasteiger partial charge in [-0.3, -0.25) is 0 Å². The molecular formula is C14H18N4. The van der Waals surface area contributed by atoms with Crippen molar-refractivity contribution in [1.82, 2.24) is 9.97 Å². The minimum Gasteiger partial charge on any atom is -0.384 e. The smallest absolute Gasteiger partial charge is 0.134 e. The lowest BCUT2D eigenvalue weighted by Crippen LogP contribution is -2.19.